The standard InChI is InChI=1S/C16H17ClN4OS/c1-8-5-9(2)15-12(6-8)23-16(19-15)18-13(22)7-21-11(4)14(17)10(3)20-21/h5-6H,7H2,1-4H3,(H,18,19,22). The first-order chi connectivity index (χ1) is 10.8. The van der Waals surface area contributed by atoms with E-state index in [1.54, 1.807) is 4.68 Å². The molecule has 1 amide bonds. The van der Waals surface area contributed by atoms with Crippen molar-refractivity contribution in [3.63, 3.8) is 0 Å². The summed E-state index contributed by atoms with van der Waals surface area (Å²) in [6, 6.07) is 4.17. The molecule has 0 aliphatic heterocycles. The number of rotatable bonds is 3. The number of halogens is 1. The van der Waals surface area contributed by atoms with Crippen molar-refractivity contribution in [2.24, 2.45) is 0 Å². The van der Waals surface area contributed by atoms with Crippen molar-refractivity contribution in [1.29, 1.82) is 0 Å². The second-order valence-corrected chi connectivity index (χ2v) is 7.05. The van der Waals surface area contributed by atoms with E-state index in [2.05, 4.69) is 34.5 Å². The number of hydrogen-bond acceptors (Lipinski definition) is 4. The van der Waals surface area contributed by atoms with Crippen molar-refractivity contribution in [3.8, 4) is 0 Å². The Morgan fingerprint density at radius 1 is 1.30 bits per heavy atom. The molecular weight excluding hydrogens is 332 g/mol. The summed E-state index contributed by atoms with van der Waals surface area (Å²) < 4.78 is 2.68. The summed E-state index contributed by atoms with van der Waals surface area (Å²) in [6.07, 6.45) is 0. The molecule has 0 atom stereocenters. The highest BCUT2D eigenvalue weighted by Crippen LogP contribution is 2.29. The van der Waals surface area contributed by atoms with Crippen molar-refractivity contribution in [2.45, 2.75) is 34.2 Å². The topological polar surface area (TPSA) is 59.8 Å². The van der Waals surface area contributed by atoms with Crippen LogP contribution in [0.15, 0.2) is 12.1 Å². The van der Waals surface area contributed by atoms with E-state index < -0.39 is 0 Å². The van der Waals surface area contributed by atoms with Gasteiger partial charge in [0.25, 0.3) is 0 Å². The van der Waals surface area contributed by atoms with E-state index in [9.17, 15) is 4.79 Å². The normalized spacial score (nSPS) is 11.2. The fourth-order valence-electron chi connectivity index (χ4n) is 2.55. The summed E-state index contributed by atoms with van der Waals surface area (Å²) in [6.45, 7) is 7.87. The monoisotopic (exact) mass is 348 g/mol. The third kappa shape index (κ3) is 3.09. The maximum atomic E-state index is 12.2. The van der Waals surface area contributed by atoms with Crippen LogP contribution in [-0.4, -0.2) is 20.7 Å². The minimum absolute atomic E-state index is 0.118. The first-order valence-corrected chi connectivity index (χ1v) is 8.41. The average molecular weight is 349 g/mol. The van der Waals surface area contributed by atoms with Gasteiger partial charge in [-0.15, -0.1) is 0 Å². The average Bonchev–Trinajstić information content (AvgIpc) is 2.96. The SMILES string of the molecule is Cc1cc(C)c2nc(NC(=O)Cn3nc(C)c(Cl)c3C)sc2c1. The molecule has 0 aliphatic carbocycles. The number of amides is 1. The maximum absolute atomic E-state index is 12.2. The van der Waals surface area contributed by atoms with Crippen LogP contribution < -0.4 is 5.32 Å². The van der Waals surface area contributed by atoms with Crippen molar-refractivity contribution in [3.05, 3.63) is 39.7 Å². The summed E-state index contributed by atoms with van der Waals surface area (Å²) in [5.41, 5.74) is 4.75. The molecule has 0 bridgehead atoms. The van der Waals surface area contributed by atoms with Crippen LogP contribution in [0.4, 0.5) is 5.13 Å². The summed E-state index contributed by atoms with van der Waals surface area (Å²) in [4.78, 5) is 16.7. The number of fused-ring (bicyclic) bond motifs is 1. The Bertz CT molecular complexity index is 913. The van der Waals surface area contributed by atoms with Crippen molar-refractivity contribution in [2.75, 3.05) is 5.32 Å². The Hall–Kier alpha value is -1.92. The molecule has 0 saturated heterocycles. The van der Waals surface area contributed by atoms with E-state index >= 15 is 0 Å². The number of nitrogens with zero attached hydrogens (tertiary/aromatic N) is 3. The van der Waals surface area contributed by atoms with Gasteiger partial charge in [0.05, 0.1) is 26.6 Å². The maximum Gasteiger partial charge on any atom is 0.247 e. The minimum Gasteiger partial charge on any atom is -0.300 e. The molecule has 2 aromatic heterocycles. The molecule has 3 rings (SSSR count). The molecule has 0 aliphatic rings. The van der Waals surface area contributed by atoms with Crippen LogP contribution in [0.5, 0.6) is 0 Å². The minimum atomic E-state index is -0.166. The number of aromatic nitrogens is 3. The second-order valence-electron chi connectivity index (χ2n) is 5.64. The first kappa shape index (κ1) is 16.0. The predicted molar refractivity (Wildman–Crippen MR) is 94.4 cm³/mol. The number of hydrogen-bond donors (Lipinski definition) is 1. The highest BCUT2D eigenvalue weighted by atomic mass is 35.5. The number of thiazole rings is 1. The van der Waals surface area contributed by atoms with Crippen LogP contribution in [0, 0.1) is 27.7 Å². The second kappa shape index (κ2) is 5.94. The third-order valence-corrected chi connectivity index (χ3v) is 5.13. The van der Waals surface area contributed by atoms with Crippen LogP contribution >= 0.6 is 22.9 Å². The van der Waals surface area contributed by atoms with Gasteiger partial charge >= 0.3 is 0 Å². The molecule has 0 fully saturated rings. The molecule has 0 unspecified atom stereocenters. The molecule has 7 heteroatoms. The number of carbonyl (C=O) groups is 1. The number of anilines is 1. The van der Waals surface area contributed by atoms with Crippen molar-refractivity contribution < 1.29 is 4.79 Å². The Labute approximate surface area is 143 Å². The molecule has 0 spiro atoms. The fourth-order valence-corrected chi connectivity index (χ4v) is 3.74. The predicted octanol–water partition coefficient (Wildman–Crippen LogP) is 4.02. The molecule has 23 heavy (non-hydrogen) atoms. The molecule has 5 nitrogen and oxygen atoms in total. The summed E-state index contributed by atoms with van der Waals surface area (Å²) >= 11 is 7.58. The number of aryl methyl sites for hydroxylation is 3. The lowest BCUT2D eigenvalue weighted by Gasteiger charge is -2.04. The van der Waals surface area contributed by atoms with Crippen LogP contribution in [0.25, 0.3) is 10.2 Å². The van der Waals surface area contributed by atoms with Gasteiger partial charge in [0.15, 0.2) is 5.13 Å². The Balaban J connectivity index is 1.80. The van der Waals surface area contributed by atoms with Gasteiger partial charge < -0.3 is 5.32 Å². The molecule has 0 radical (unpaired) electrons. The van der Waals surface area contributed by atoms with Crippen LogP contribution in [0.2, 0.25) is 5.02 Å². The van der Waals surface area contributed by atoms with Crippen LogP contribution in [0.1, 0.15) is 22.5 Å². The van der Waals surface area contributed by atoms with Crippen molar-refractivity contribution in [1.82, 2.24) is 14.8 Å². The zero-order valence-electron chi connectivity index (χ0n) is 13.4. The quantitative estimate of drug-likeness (QED) is 0.777. The van der Waals surface area contributed by atoms with Gasteiger partial charge in [0.2, 0.25) is 5.91 Å². The van der Waals surface area contributed by atoms with Gasteiger partial charge in [-0.1, -0.05) is 29.0 Å². The lowest BCUT2D eigenvalue weighted by molar-refractivity contribution is -0.116. The largest absolute Gasteiger partial charge is 0.300 e. The highest BCUT2D eigenvalue weighted by molar-refractivity contribution is 7.22. The van der Waals surface area contributed by atoms with Crippen LogP contribution in [-0.2, 0) is 11.3 Å². The Morgan fingerprint density at radius 2 is 2.04 bits per heavy atom. The van der Waals surface area contributed by atoms with Gasteiger partial charge in [-0.05, 0) is 44.9 Å². The Morgan fingerprint density at radius 3 is 2.70 bits per heavy atom. The molecule has 0 saturated carbocycles. The summed E-state index contributed by atoms with van der Waals surface area (Å²) in [5.74, 6) is -0.166. The number of nitrogens with one attached hydrogen (secondary N) is 1. The lowest BCUT2D eigenvalue weighted by Crippen LogP contribution is -2.20. The molecule has 1 N–H and O–H groups in total. The highest BCUT2D eigenvalue weighted by Gasteiger charge is 2.14. The van der Waals surface area contributed by atoms with E-state index in [4.69, 9.17) is 11.6 Å². The number of carbonyl (C=O) groups excluding carboxylic acids is 1. The zero-order valence-corrected chi connectivity index (χ0v) is 15.0. The fraction of sp³-hybridized carbons (Fsp3) is 0.312. The molecular formula is C16H17ClN4OS. The van der Waals surface area contributed by atoms with Crippen LogP contribution in [0.3, 0.4) is 0 Å². The van der Waals surface area contributed by atoms with Gasteiger partial charge in [-0.3, -0.25) is 9.48 Å². The molecule has 1 aromatic carbocycles. The Kier molecular flexibility index (Phi) is 4.12. The van der Waals surface area contributed by atoms with Gasteiger partial charge in [-0.25, -0.2) is 4.98 Å². The first-order valence-electron chi connectivity index (χ1n) is 7.22. The smallest absolute Gasteiger partial charge is 0.247 e. The van der Waals surface area contributed by atoms with E-state index in [0.29, 0.717) is 10.2 Å². The van der Waals surface area contributed by atoms with E-state index in [1.165, 1.54) is 16.9 Å². The lowest BCUT2D eigenvalue weighted by atomic mass is 10.1. The van der Waals surface area contributed by atoms with Crippen molar-refractivity contribution >= 4 is 44.2 Å². The third-order valence-electron chi connectivity index (χ3n) is 3.66. The number of benzene rings is 1. The van der Waals surface area contributed by atoms with Gasteiger partial charge in [0, 0.05) is 0 Å². The van der Waals surface area contributed by atoms with E-state index in [-0.39, 0.29) is 12.5 Å². The zero-order chi connectivity index (χ0) is 16.7. The molecule has 3 aromatic rings. The summed E-state index contributed by atoms with van der Waals surface area (Å²) in [7, 11) is 0. The summed E-state index contributed by atoms with van der Waals surface area (Å²) in [5, 5.41) is 8.32. The molecule has 2 heterocycles. The van der Waals surface area contributed by atoms with E-state index in [0.717, 1.165) is 27.2 Å². The van der Waals surface area contributed by atoms with Gasteiger partial charge in [0.1, 0.15) is 6.54 Å². The van der Waals surface area contributed by atoms with E-state index in [1.807, 2.05) is 20.8 Å². The molecule has 120 valence electrons. The van der Waals surface area contributed by atoms with Gasteiger partial charge in [-0.2, -0.15) is 5.10 Å².